The number of hydrogen-bond acceptors (Lipinski definition) is 4. The molecule has 1 heterocycles. The molecule has 20 heavy (non-hydrogen) atoms. The van der Waals surface area contributed by atoms with Gasteiger partial charge in [-0.3, -0.25) is 4.68 Å². The molecule has 0 saturated carbocycles. The molecule has 108 valence electrons. The molecular formula is C15H21N3O2. The van der Waals surface area contributed by atoms with Gasteiger partial charge in [-0.15, -0.1) is 0 Å². The number of benzene rings is 1. The third-order valence-electron chi connectivity index (χ3n) is 3.27. The van der Waals surface area contributed by atoms with Gasteiger partial charge in [0.25, 0.3) is 0 Å². The van der Waals surface area contributed by atoms with Crippen LogP contribution in [0.2, 0.25) is 0 Å². The van der Waals surface area contributed by atoms with Crippen molar-refractivity contribution in [1.29, 1.82) is 0 Å². The Morgan fingerprint density at radius 3 is 2.55 bits per heavy atom. The van der Waals surface area contributed by atoms with Crippen molar-refractivity contribution in [1.82, 2.24) is 15.1 Å². The van der Waals surface area contributed by atoms with Crippen LogP contribution in [0.1, 0.15) is 24.2 Å². The van der Waals surface area contributed by atoms with Gasteiger partial charge in [-0.2, -0.15) is 5.10 Å². The molecule has 5 nitrogen and oxygen atoms in total. The van der Waals surface area contributed by atoms with Gasteiger partial charge >= 0.3 is 0 Å². The molecule has 0 bridgehead atoms. The van der Waals surface area contributed by atoms with E-state index in [4.69, 9.17) is 9.47 Å². The fourth-order valence-electron chi connectivity index (χ4n) is 2.06. The molecule has 0 fully saturated rings. The van der Waals surface area contributed by atoms with Gasteiger partial charge in [0.05, 0.1) is 19.9 Å². The van der Waals surface area contributed by atoms with Crippen molar-refractivity contribution in [2.24, 2.45) is 7.05 Å². The first-order valence-electron chi connectivity index (χ1n) is 6.58. The summed E-state index contributed by atoms with van der Waals surface area (Å²) in [5.74, 6) is 1.49. The molecule has 1 atom stereocenters. The van der Waals surface area contributed by atoms with Crippen LogP contribution >= 0.6 is 0 Å². The highest BCUT2D eigenvalue weighted by Crippen LogP contribution is 2.29. The number of nitrogens with one attached hydrogen (secondary N) is 1. The zero-order valence-corrected chi connectivity index (χ0v) is 12.4. The summed E-state index contributed by atoms with van der Waals surface area (Å²) in [5.41, 5.74) is 2.18. The van der Waals surface area contributed by atoms with Gasteiger partial charge in [0.2, 0.25) is 0 Å². The maximum absolute atomic E-state index is 5.32. The van der Waals surface area contributed by atoms with Gasteiger partial charge in [0.15, 0.2) is 11.5 Å². The highest BCUT2D eigenvalue weighted by Gasteiger charge is 2.10. The van der Waals surface area contributed by atoms with Crippen molar-refractivity contribution in [2.45, 2.75) is 19.5 Å². The zero-order valence-electron chi connectivity index (χ0n) is 12.4. The summed E-state index contributed by atoms with van der Waals surface area (Å²) in [4.78, 5) is 0. The van der Waals surface area contributed by atoms with E-state index >= 15 is 0 Å². The minimum atomic E-state index is 0.205. The quantitative estimate of drug-likeness (QED) is 0.878. The number of nitrogens with zero attached hydrogens (tertiary/aromatic N) is 2. The number of ether oxygens (including phenoxy) is 2. The molecule has 0 radical (unpaired) electrons. The molecule has 0 saturated heterocycles. The molecule has 0 amide bonds. The molecule has 2 rings (SSSR count). The fourth-order valence-corrected chi connectivity index (χ4v) is 2.06. The van der Waals surface area contributed by atoms with E-state index in [9.17, 15) is 0 Å². The summed E-state index contributed by atoms with van der Waals surface area (Å²) in [5, 5.41) is 7.79. The van der Waals surface area contributed by atoms with Crippen LogP contribution in [0.5, 0.6) is 11.5 Å². The largest absolute Gasteiger partial charge is 0.493 e. The van der Waals surface area contributed by atoms with Crippen LogP contribution in [-0.2, 0) is 13.6 Å². The number of methoxy groups -OCH3 is 2. The average molecular weight is 275 g/mol. The molecular weight excluding hydrogens is 254 g/mol. The van der Waals surface area contributed by atoms with E-state index in [0.717, 1.165) is 29.3 Å². The van der Waals surface area contributed by atoms with Crippen LogP contribution in [0.3, 0.4) is 0 Å². The van der Waals surface area contributed by atoms with Crippen molar-refractivity contribution >= 4 is 0 Å². The molecule has 0 spiro atoms. The van der Waals surface area contributed by atoms with Gasteiger partial charge in [0.1, 0.15) is 0 Å². The molecule has 1 unspecified atom stereocenters. The first-order valence-corrected chi connectivity index (χ1v) is 6.58. The minimum absolute atomic E-state index is 0.205. The van der Waals surface area contributed by atoms with E-state index in [1.165, 1.54) is 0 Å². The highest BCUT2D eigenvalue weighted by molar-refractivity contribution is 5.43. The zero-order chi connectivity index (χ0) is 14.5. The first kappa shape index (κ1) is 14.4. The second kappa shape index (κ2) is 6.43. The Morgan fingerprint density at radius 2 is 1.95 bits per heavy atom. The topological polar surface area (TPSA) is 48.3 Å². The Hall–Kier alpha value is -2.01. The summed E-state index contributed by atoms with van der Waals surface area (Å²) < 4.78 is 12.4. The van der Waals surface area contributed by atoms with Crippen LogP contribution in [0.25, 0.3) is 0 Å². The van der Waals surface area contributed by atoms with E-state index in [2.05, 4.69) is 17.3 Å². The van der Waals surface area contributed by atoms with E-state index in [1.807, 2.05) is 37.5 Å². The third kappa shape index (κ3) is 3.30. The molecule has 2 aromatic rings. The maximum Gasteiger partial charge on any atom is 0.161 e. The molecule has 1 aromatic heterocycles. The van der Waals surface area contributed by atoms with Gasteiger partial charge in [-0.1, -0.05) is 6.07 Å². The van der Waals surface area contributed by atoms with Gasteiger partial charge < -0.3 is 14.8 Å². The van der Waals surface area contributed by atoms with Crippen molar-refractivity contribution in [3.63, 3.8) is 0 Å². The lowest BCUT2D eigenvalue weighted by molar-refractivity contribution is 0.354. The van der Waals surface area contributed by atoms with Crippen molar-refractivity contribution in [3.05, 3.63) is 41.7 Å². The molecule has 1 N–H and O–H groups in total. The van der Waals surface area contributed by atoms with E-state index in [-0.39, 0.29) is 6.04 Å². The lowest BCUT2D eigenvalue weighted by atomic mass is 10.1. The van der Waals surface area contributed by atoms with Crippen molar-refractivity contribution in [3.8, 4) is 11.5 Å². The molecule has 0 aliphatic carbocycles. The summed E-state index contributed by atoms with van der Waals surface area (Å²) in [7, 11) is 5.20. The van der Waals surface area contributed by atoms with E-state index in [0.29, 0.717) is 0 Å². The van der Waals surface area contributed by atoms with E-state index in [1.54, 1.807) is 18.9 Å². The average Bonchev–Trinajstić information content (AvgIpc) is 2.89. The predicted molar refractivity (Wildman–Crippen MR) is 78.0 cm³/mol. The number of aromatic nitrogens is 2. The summed E-state index contributed by atoms with van der Waals surface area (Å²) in [6.45, 7) is 2.85. The van der Waals surface area contributed by atoms with Gasteiger partial charge in [-0.25, -0.2) is 0 Å². The number of rotatable bonds is 6. The first-order chi connectivity index (χ1) is 9.63. The minimum Gasteiger partial charge on any atom is -0.493 e. The Balaban J connectivity index is 2.03. The summed E-state index contributed by atoms with van der Waals surface area (Å²) >= 11 is 0. The standard InChI is InChI=1S/C15H21N3O2/c1-11(16-10-13-7-8-18(2)17-13)12-5-6-14(19-3)15(9-12)20-4/h5-9,11,16H,10H2,1-4H3. The maximum atomic E-state index is 5.32. The Kier molecular flexibility index (Phi) is 4.63. The van der Waals surface area contributed by atoms with Crippen LogP contribution in [0.15, 0.2) is 30.5 Å². The third-order valence-corrected chi connectivity index (χ3v) is 3.27. The smallest absolute Gasteiger partial charge is 0.161 e. The number of hydrogen-bond donors (Lipinski definition) is 1. The van der Waals surface area contributed by atoms with E-state index < -0.39 is 0 Å². The van der Waals surface area contributed by atoms with Crippen LogP contribution in [0.4, 0.5) is 0 Å². The second-order valence-electron chi connectivity index (χ2n) is 4.70. The predicted octanol–water partition coefficient (Wildman–Crippen LogP) is 2.29. The lowest BCUT2D eigenvalue weighted by Crippen LogP contribution is -2.18. The highest BCUT2D eigenvalue weighted by atomic mass is 16.5. The van der Waals surface area contributed by atoms with Crippen molar-refractivity contribution in [2.75, 3.05) is 14.2 Å². The monoisotopic (exact) mass is 275 g/mol. The molecule has 0 aliphatic heterocycles. The Bertz CT molecular complexity index is 566. The Morgan fingerprint density at radius 1 is 1.20 bits per heavy atom. The summed E-state index contributed by atoms with van der Waals surface area (Å²) in [6.07, 6.45) is 1.94. The SMILES string of the molecule is COc1ccc(C(C)NCc2ccn(C)n2)cc1OC. The van der Waals surface area contributed by atoms with Crippen LogP contribution < -0.4 is 14.8 Å². The molecule has 5 heteroatoms. The molecule has 1 aromatic carbocycles. The number of aryl methyl sites for hydroxylation is 1. The van der Waals surface area contributed by atoms with Gasteiger partial charge in [-0.05, 0) is 30.7 Å². The Labute approximate surface area is 119 Å². The van der Waals surface area contributed by atoms with Gasteiger partial charge in [0, 0.05) is 25.8 Å². The second-order valence-corrected chi connectivity index (χ2v) is 4.70. The normalized spacial score (nSPS) is 12.2. The summed E-state index contributed by atoms with van der Waals surface area (Å²) in [6, 6.07) is 8.17. The van der Waals surface area contributed by atoms with Crippen molar-refractivity contribution < 1.29 is 9.47 Å². The molecule has 0 aliphatic rings. The lowest BCUT2D eigenvalue weighted by Gasteiger charge is -2.16. The fraction of sp³-hybridized carbons (Fsp3) is 0.400. The van der Waals surface area contributed by atoms with Crippen LogP contribution in [0, 0.1) is 0 Å². The van der Waals surface area contributed by atoms with Crippen LogP contribution in [-0.4, -0.2) is 24.0 Å².